The molecule has 0 saturated carbocycles. The van der Waals surface area contributed by atoms with E-state index in [9.17, 15) is 9.59 Å². The molecule has 1 saturated heterocycles. The zero-order valence-electron chi connectivity index (χ0n) is 14.3. The van der Waals surface area contributed by atoms with Crippen LogP contribution in [0.2, 0.25) is 0 Å². The highest BCUT2D eigenvalue weighted by molar-refractivity contribution is 5.92. The first-order valence-corrected chi connectivity index (χ1v) is 7.97. The average Bonchev–Trinajstić information content (AvgIpc) is 2.45. The molecule has 0 spiro atoms. The molecule has 6 heteroatoms. The molecule has 1 unspecified atom stereocenters. The van der Waals surface area contributed by atoms with Crippen LogP contribution in [0.25, 0.3) is 0 Å². The Morgan fingerprint density at radius 2 is 2.09 bits per heavy atom. The summed E-state index contributed by atoms with van der Waals surface area (Å²) in [4.78, 5) is 30.4. The molecule has 0 aromatic carbocycles. The SMILES string of the molecule is Cc1cccc(NC(=O)C2CCCN(C(=O)OC(C)(C)C)C2)n1. The van der Waals surface area contributed by atoms with Crippen molar-refractivity contribution in [2.45, 2.75) is 46.1 Å². The standard InChI is InChI=1S/C17H25N3O3/c1-12-7-5-9-14(18-12)19-15(21)13-8-6-10-20(11-13)16(22)23-17(2,3)4/h5,7,9,13H,6,8,10-11H2,1-4H3,(H,18,19,21). The van der Waals surface area contributed by atoms with Crippen LogP contribution in [0.1, 0.15) is 39.3 Å². The van der Waals surface area contributed by atoms with Gasteiger partial charge in [-0.25, -0.2) is 9.78 Å². The van der Waals surface area contributed by atoms with Crippen molar-refractivity contribution >= 4 is 17.8 Å². The largest absolute Gasteiger partial charge is 0.444 e. The molecule has 0 bridgehead atoms. The normalized spacial score (nSPS) is 18.4. The fourth-order valence-corrected chi connectivity index (χ4v) is 2.52. The fourth-order valence-electron chi connectivity index (χ4n) is 2.52. The Morgan fingerprint density at radius 3 is 2.74 bits per heavy atom. The number of piperidine rings is 1. The number of amides is 2. The van der Waals surface area contributed by atoms with Gasteiger partial charge in [0, 0.05) is 18.8 Å². The quantitative estimate of drug-likeness (QED) is 0.909. The number of nitrogens with one attached hydrogen (secondary N) is 1. The van der Waals surface area contributed by atoms with Gasteiger partial charge in [0.05, 0.1) is 5.92 Å². The first-order chi connectivity index (χ1) is 10.7. The van der Waals surface area contributed by atoms with E-state index in [1.807, 2.05) is 39.8 Å². The lowest BCUT2D eigenvalue weighted by Gasteiger charge is -2.33. The molecule has 2 rings (SSSR count). The molecule has 1 aliphatic heterocycles. The summed E-state index contributed by atoms with van der Waals surface area (Å²) >= 11 is 0. The van der Waals surface area contributed by atoms with Gasteiger partial charge in [-0.2, -0.15) is 0 Å². The molecule has 2 amide bonds. The summed E-state index contributed by atoms with van der Waals surface area (Å²) in [6.45, 7) is 8.39. The van der Waals surface area contributed by atoms with Crippen LogP contribution in [-0.2, 0) is 9.53 Å². The van der Waals surface area contributed by atoms with E-state index < -0.39 is 5.60 Å². The molecule has 1 fully saturated rings. The van der Waals surface area contributed by atoms with E-state index in [0.717, 1.165) is 18.5 Å². The minimum absolute atomic E-state index is 0.101. The number of aromatic nitrogens is 1. The minimum Gasteiger partial charge on any atom is -0.444 e. The maximum absolute atomic E-state index is 12.4. The number of pyridine rings is 1. The number of ether oxygens (including phenoxy) is 1. The lowest BCUT2D eigenvalue weighted by molar-refractivity contribution is -0.121. The van der Waals surface area contributed by atoms with Gasteiger partial charge in [0.15, 0.2) is 0 Å². The maximum Gasteiger partial charge on any atom is 0.410 e. The van der Waals surface area contributed by atoms with Gasteiger partial charge >= 0.3 is 6.09 Å². The highest BCUT2D eigenvalue weighted by Crippen LogP contribution is 2.20. The van der Waals surface area contributed by atoms with Gasteiger partial charge in [-0.1, -0.05) is 6.07 Å². The Labute approximate surface area is 137 Å². The van der Waals surface area contributed by atoms with Crippen molar-refractivity contribution in [3.05, 3.63) is 23.9 Å². The number of nitrogens with zero attached hydrogens (tertiary/aromatic N) is 2. The molecule has 0 radical (unpaired) electrons. The van der Waals surface area contributed by atoms with Gasteiger partial charge in [-0.3, -0.25) is 4.79 Å². The monoisotopic (exact) mass is 319 g/mol. The molecule has 6 nitrogen and oxygen atoms in total. The van der Waals surface area contributed by atoms with E-state index in [4.69, 9.17) is 4.74 Å². The third-order valence-electron chi connectivity index (χ3n) is 3.58. The number of carbonyl (C=O) groups excluding carboxylic acids is 2. The topological polar surface area (TPSA) is 71.5 Å². The summed E-state index contributed by atoms with van der Waals surface area (Å²) in [6, 6.07) is 5.49. The number of carbonyl (C=O) groups is 2. The van der Waals surface area contributed by atoms with E-state index in [1.54, 1.807) is 11.0 Å². The van der Waals surface area contributed by atoms with Gasteiger partial charge in [0.1, 0.15) is 11.4 Å². The van der Waals surface area contributed by atoms with Crippen molar-refractivity contribution in [2.75, 3.05) is 18.4 Å². The van der Waals surface area contributed by atoms with Crippen LogP contribution in [0, 0.1) is 12.8 Å². The van der Waals surface area contributed by atoms with E-state index in [0.29, 0.717) is 18.9 Å². The number of hydrogen-bond donors (Lipinski definition) is 1. The Morgan fingerprint density at radius 1 is 1.35 bits per heavy atom. The number of hydrogen-bond acceptors (Lipinski definition) is 4. The first kappa shape index (κ1) is 17.2. The van der Waals surface area contributed by atoms with Crippen LogP contribution in [0.3, 0.4) is 0 Å². The zero-order chi connectivity index (χ0) is 17.0. The van der Waals surface area contributed by atoms with Crippen molar-refractivity contribution in [2.24, 2.45) is 5.92 Å². The lowest BCUT2D eigenvalue weighted by atomic mass is 9.97. The van der Waals surface area contributed by atoms with Crippen molar-refractivity contribution in [1.82, 2.24) is 9.88 Å². The lowest BCUT2D eigenvalue weighted by Crippen LogP contribution is -2.45. The molecule has 1 atom stereocenters. The second-order valence-electron chi connectivity index (χ2n) is 6.92. The second-order valence-corrected chi connectivity index (χ2v) is 6.92. The Kier molecular flexibility index (Phi) is 5.23. The summed E-state index contributed by atoms with van der Waals surface area (Å²) in [5.74, 6) is 0.208. The second kappa shape index (κ2) is 6.98. The van der Waals surface area contributed by atoms with Gasteiger partial charge in [0.25, 0.3) is 0 Å². The van der Waals surface area contributed by atoms with Crippen LogP contribution < -0.4 is 5.32 Å². The Bertz CT molecular complexity index is 581. The summed E-state index contributed by atoms with van der Waals surface area (Å²) < 4.78 is 5.38. The van der Waals surface area contributed by atoms with E-state index in [-0.39, 0.29) is 17.9 Å². The minimum atomic E-state index is -0.530. The molecule has 126 valence electrons. The molecule has 1 aliphatic rings. The molecule has 2 heterocycles. The maximum atomic E-state index is 12.4. The average molecular weight is 319 g/mol. The van der Waals surface area contributed by atoms with Crippen LogP contribution in [0.4, 0.5) is 10.6 Å². The summed E-state index contributed by atoms with van der Waals surface area (Å²) in [5, 5.41) is 2.83. The number of anilines is 1. The van der Waals surface area contributed by atoms with Crippen molar-refractivity contribution in [3.8, 4) is 0 Å². The Hall–Kier alpha value is -2.11. The van der Waals surface area contributed by atoms with Gasteiger partial charge in [0.2, 0.25) is 5.91 Å². The highest BCUT2D eigenvalue weighted by atomic mass is 16.6. The molecule has 1 aromatic heterocycles. The summed E-state index contributed by atoms with van der Waals surface area (Å²) in [6.07, 6.45) is 1.19. The van der Waals surface area contributed by atoms with Crippen LogP contribution in [-0.4, -0.2) is 40.6 Å². The smallest absolute Gasteiger partial charge is 0.410 e. The van der Waals surface area contributed by atoms with E-state index in [2.05, 4.69) is 10.3 Å². The zero-order valence-corrected chi connectivity index (χ0v) is 14.3. The third-order valence-corrected chi connectivity index (χ3v) is 3.58. The van der Waals surface area contributed by atoms with Gasteiger partial charge in [-0.05, 0) is 52.7 Å². The summed E-state index contributed by atoms with van der Waals surface area (Å²) in [7, 11) is 0. The van der Waals surface area contributed by atoms with Crippen LogP contribution >= 0.6 is 0 Å². The van der Waals surface area contributed by atoms with Crippen LogP contribution in [0.15, 0.2) is 18.2 Å². The van der Waals surface area contributed by atoms with Crippen LogP contribution in [0.5, 0.6) is 0 Å². The predicted molar refractivity (Wildman–Crippen MR) is 88.1 cm³/mol. The highest BCUT2D eigenvalue weighted by Gasteiger charge is 2.31. The summed E-state index contributed by atoms with van der Waals surface area (Å²) in [5.41, 5.74) is 0.319. The third kappa shape index (κ3) is 5.23. The van der Waals surface area contributed by atoms with Gasteiger partial charge < -0.3 is 15.0 Å². The molecular formula is C17H25N3O3. The molecule has 23 heavy (non-hydrogen) atoms. The van der Waals surface area contributed by atoms with Crippen molar-refractivity contribution in [3.63, 3.8) is 0 Å². The van der Waals surface area contributed by atoms with Crippen molar-refractivity contribution < 1.29 is 14.3 Å². The first-order valence-electron chi connectivity index (χ1n) is 7.97. The molecule has 1 aromatic rings. The van der Waals surface area contributed by atoms with E-state index >= 15 is 0 Å². The molecular weight excluding hydrogens is 294 g/mol. The molecule has 1 N–H and O–H groups in total. The molecule has 0 aliphatic carbocycles. The number of likely N-dealkylation sites (tertiary alicyclic amines) is 1. The van der Waals surface area contributed by atoms with E-state index in [1.165, 1.54) is 0 Å². The predicted octanol–water partition coefficient (Wildman–Crippen LogP) is 2.98. The number of aryl methyl sites for hydroxylation is 1. The van der Waals surface area contributed by atoms with Gasteiger partial charge in [-0.15, -0.1) is 0 Å². The van der Waals surface area contributed by atoms with Crippen molar-refractivity contribution in [1.29, 1.82) is 0 Å². The fraction of sp³-hybridized carbons (Fsp3) is 0.588. The Balaban J connectivity index is 1.95. The number of rotatable bonds is 2.